The Hall–Kier alpha value is -2.25. The lowest BCUT2D eigenvalue weighted by molar-refractivity contribution is 0.0787. The highest BCUT2D eigenvalue weighted by Crippen LogP contribution is 2.18. The highest BCUT2D eigenvalue weighted by molar-refractivity contribution is 5.94. The molecule has 5 nitrogen and oxygen atoms in total. The number of ether oxygens (including phenoxy) is 1. The molecular weight excluding hydrogens is 289 g/mol. The molecule has 1 N–H and O–H groups in total. The van der Waals surface area contributed by atoms with Crippen LogP contribution in [0.4, 0.5) is 18.0 Å². The maximum absolute atomic E-state index is 13.1. The number of hydrogen-bond donors (Lipinski definition) is 1. The Bertz CT molecular complexity index is 557. The minimum absolute atomic E-state index is 0.189. The van der Waals surface area contributed by atoms with E-state index in [1.54, 1.807) is 0 Å². The minimum atomic E-state index is -1.61. The summed E-state index contributed by atoms with van der Waals surface area (Å²) in [6.07, 6.45) is -0.124. The maximum Gasteiger partial charge on any atom is 0.407 e. The molecule has 1 aliphatic rings. The van der Waals surface area contributed by atoms with Crippen molar-refractivity contribution in [3.63, 3.8) is 0 Å². The molecule has 1 aromatic carbocycles. The van der Waals surface area contributed by atoms with Crippen LogP contribution in [0.25, 0.3) is 0 Å². The molecule has 1 saturated heterocycles. The molecule has 21 heavy (non-hydrogen) atoms. The quantitative estimate of drug-likeness (QED) is 0.846. The third-order valence-corrected chi connectivity index (χ3v) is 3.21. The zero-order chi connectivity index (χ0) is 15.6. The van der Waals surface area contributed by atoms with Gasteiger partial charge in [0.25, 0.3) is 5.91 Å². The van der Waals surface area contributed by atoms with Crippen molar-refractivity contribution in [3.05, 3.63) is 35.1 Å². The lowest BCUT2D eigenvalue weighted by Crippen LogP contribution is -2.38. The van der Waals surface area contributed by atoms with E-state index in [1.807, 2.05) is 0 Å². The van der Waals surface area contributed by atoms with Crippen molar-refractivity contribution in [2.24, 2.45) is 0 Å². The normalized spacial score (nSPS) is 17.7. The van der Waals surface area contributed by atoms with Crippen LogP contribution in [0.5, 0.6) is 0 Å². The first-order valence-corrected chi connectivity index (χ1v) is 6.20. The summed E-state index contributed by atoms with van der Waals surface area (Å²) in [5.41, 5.74) is -0.273. The number of halogens is 3. The van der Waals surface area contributed by atoms with Crippen LogP contribution in [0.3, 0.4) is 0 Å². The second-order valence-electron chi connectivity index (χ2n) is 4.63. The van der Waals surface area contributed by atoms with Crippen molar-refractivity contribution in [1.29, 1.82) is 0 Å². The summed E-state index contributed by atoms with van der Waals surface area (Å²) < 4.78 is 43.5. The van der Waals surface area contributed by atoms with E-state index in [0.717, 1.165) is 0 Å². The van der Waals surface area contributed by atoms with Gasteiger partial charge in [-0.3, -0.25) is 4.79 Å². The Balaban J connectivity index is 2.06. The summed E-state index contributed by atoms with van der Waals surface area (Å²) in [7, 11) is 1.22. The highest BCUT2D eigenvalue weighted by Gasteiger charge is 2.29. The molecule has 1 heterocycles. The highest BCUT2D eigenvalue weighted by atomic mass is 19.2. The number of amides is 2. The molecule has 1 fully saturated rings. The Morgan fingerprint density at radius 3 is 2.48 bits per heavy atom. The fourth-order valence-electron chi connectivity index (χ4n) is 2.15. The Kier molecular flexibility index (Phi) is 4.35. The molecule has 0 spiro atoms. The molecule has 1 unspecified atom stereocenters. The lowest BCUT2D eigenvalue weighted by Gasteiger charge is -2.17. The number of nitrogens with one attached hydrogen (secondary N) is 1. The van der Waals surface area contributed by atoms with Gasteiger partial charge in [0.05, 0.1) is 13.2 Å². The zero-order valence-electron chi connectivity index (χ0n) is 11.2. The molecule has 0 bridgehead atoms. The number of benzene rings is 1. The fourth-order valence-corrected chi connectivity index (χ4v) is 2.15. The Labute approximate surface area is 118 Å². The van der Waals surface area contributed by atoms with Crippen molar-refractivity contribution < 1.29 is 27.5 Å². The number of rotatable bonds is 2. The number of nitrogens with zero attached hydrogens (tertiary/aromatic N) is 1. The van der Waals surface area contributed by atoms with Gasteiger partial charge in [0, 0.05) is 18.7 Å². The molecule has 114 valence electrons. The summed E-state index contributed by atoms with van der Waals surface area (Å²) in [5.74, 6) is -5.07. The first kappa shape index (κ1) is 15.1. The van der Waals surface area contributed by atoms with Gasteiger partial charge in [0.15, 0.2) is 17.5 Å². The van der Waals surface area contributed by atoms with Gasteiger partial charge in [0.2, 0.25) is 0 Å². The van der Waals surface area contributed by atoms with Crippen molar-refractivity contribution in [3.8, 4) is 0 Å². The average molecular weight is 302 g/mol. The van der Waals surface area contributed by atoms with E-state index in [1.165, 1.54) is 12.0 Å². The molecule has 8 heteroatoms. The second kappa shape index (κ2) is 6.02. The molecule has 2 rings (SSSR count). The van der Waals surface area contributed by atoms with E-state index >= 15 is 0 Å². The van der Waals surface area contributed by atoms with E-state index < -0.39 is 29.5 Å². The molecular formula is C13H13F3N2O3. The summed E-state index contributed by atoms with van der Waals surface area (Å²) >= 11 is 0. The van der Waals surface area contributed by atoms with Gasteiger partial charge in [-0.2, -0.15) is 0 Å². The van der Waals surface area contributed by atoms with Crippen LogP contribution in [-0.2, 0) is 4.74 Å². The van der Waals surface area contributed by atoms with Gasteiger partial charge in [-0.25, -0.2) is 18.0 Å². The van der Waals surface area contributed by atoms with Crippen LogP contribution in [0.15, 0.2) is 12.1 Å². The predicted molar refractivity (Wildman–Crippen MR) is 66.2 cm³/mol. The van der Waals surface area contributed by atoms with Gasteiger partial charge in [-0.1, -0.05) is 0 Å². The molecule has 0 saturated carbocycles. The van der Waals surface area contributed by atoms with Crippen molar-refractivity contribution in [2.75, 3.05) is 20.2 Å². The first-order valence-electron chi connectivity index (χ1n) is 6.20. The van der Waals surface area contributed by atoms with E-state index in [2.05, 4.69) is 10.1 Å². The number of carbonyl (C=O) groups is 2. The van der Waals surface area contributed by atoms with Crippen LogP contribution in [0.2, 0.25) is 0 Å². The van der Waals surface area contributed by atoms with Crippen LogP contribution < -0.4 is 5.32 Å². The summed E-state index contributed by atoms with van der Waals surface area (Å²) in [5, 5.41) is 2.53. The summed E-state index contributed by atoms with van der Waals surface area (Å²) in [6.45, 7) is 0.503. The molecule has 1 aromatic rings. The number of methoxy groups -OCH3 is 1. The largest absolute Gasteiger partial charge is 0.453 e. The van der Waals surface area contributed by atoms with Crippen LogP contribution in [0.1, 0.15) is 16.8 Å². The third kappa shape index (κ3) is 3.26. The lowest BCUT2D eigenvalue weighted by atomic mass is 10.2. The monoisotopic (exact) mass is 302 g/mol. The van der Waals surface area contributed by atoms with E-state index in [-0.39, 0.29) is 18.2 Å². The van der Waals surface area contributed by atoms with Crippen molar-refractivity contribution in [1.82, 2.24) is 10.2 Å². The molecule has 0 aliphatic carbocycles. The Morgan fingerprint density at radius 2 is 1.90 bits per heavy atom. The maximum atomic E-state index is 13.1. The second-order valence-corrected chi connectivity index (χ2v) is 4.63. The van der Waals surface area contributed by atoms with Crippen LogP contribution in [0, 0.1) is 17.5 Å². The number of alkyl carbamates (subject to hydrolysis) is 1. The molecule has 1 atom stereocenters. The smallest absolute Gasteiger partial charge is 0.407 e. The van der Waals surface area contributed by atoms with Crippen LogP contribution >= 0.6 is 0 Å². The number of likely N-dealkylation sites (tertiary alicyclic amines) is 1. The first-order chi connectivity index (χ1) is 9.92. The summed E-state index contributed by atoms with van der Waals surface area (Å²) in [4.78, 5) is 24.5. The van der Waals surface area contributed by atoms with E-state index in [0.29, 0.717) is 25.1 Å². The predicted octanol–water partition coefficient (Wildman–Crippen LogP) is 1.67. The summed E-state index contributed by atoms with van der Waals surface area (Å²) in [6, 6.07) is 1.01. The van der Waals surface area contributed by atoms with Crippen molar-refractivity contribution in [2.45, 2.75) is 12.5 Å². The minimum Gasteiger partial charge on any atom is -0.453 e. The average Bonchev–Trinajstić information content (AvgIpc) is 2.91. The van der Waals surface area contributed by atoms with Gasteiger partial charge in [-0.15, -0.1) is 0 Å². The fraction of sp³-hybridized carbons (Fsp3) is 0.385. The third-order valence-electron chi connectivity index (χ3n) is 3.21. The zero-order valence-corrected chi connectivity index (χ0v) is 11.2. The molecule has 1 aliphatic heterocycles. The van der Waals surface area contributed by atoms with E-state index in [4.69, 9.17) is 0 Å². The topological polar surface area (TPSA) is 58.6 Å². The van der Waals surface area contributed by atoms with Gasteiger partial charge >= 0.3 is 6.09 Å². The Morgan fingerprint density at radius 1 is 1.29 bits per heavy atom. The van der Waals surface area contributed by atoms with Crippen molar-refractivity contribution >= 4 is 12.0 Å². The number of carbonyl (C=O) groups excluding carboxylic acids is 2. The van der Waals surface area contributed by atoms with Gasteiger partial charge in [0.1, 0.15) is 0 Å². The molecule has 0 radical (unpaired) electrons. The molecule has 2 amide bonds. The standard InChI is InChI=1S/C13H13F3N2O3/c1-21-13(20)17-8-2-3-18(6-8)12(19)7-4-9(14)11(16)10(15)5-7/h4-5,8H,2-3,6H2,1H3,(H,17,20). The van der Waals surface area contributed by atoms with Crippen LogP contribution in [-0.4, -0.2) is 43.1 Å². The van der Waals surface area contributed by atoms with Gasteiger partial charge < -0.3 is 15.0 Å². The number of hydrogen-bond acceptors (Lipinski definition) is 3. The SMILES string of the molecule is COC(=O)NC1CCN(C(=O)c2cc(F)c(F)c(F)c2)C1. The van der Waals surface area contributed by atoms with E-state index in [9.17, 15) is 22.8 Å². The molecule has 0 aromatic heterocycles. The van der Waals surface area contributed by atoms with Gasteiger partial charge in [-0.05, 0) is 18.6 Å².